The Hall–Kier alpha value is -1.64. The van der Waals surface area contributed by atoms with Crippen LogP contribution in [0.3, 0.4) is 0 Å². The normalized spacial score (nSPS) is 52.9. The molecule has 0 aromatic rings. The van der Waals surface area contributed by atoms with Crippen LogP contribution in [-0.2, 0) is 14.3 Å². The van der Waals surface area contributed by atoms with Crippen LogP contribution in [0.15, 0.2) is 36.0 Å². The molecule has 0 saturated heterocycles. The molecule has 5 aliphatic carbocycles. The maximum Gasteiger partial charge on any atom is 0.331 e. The number of esters is 1. The number of ketones is 1. The van der Waals surface area contributed by atoms with Crippen LogP contribution in [-0.4, -0.2) is 17.4 Å². The largest absolute Gasteiger partial charge is 0.451 e. The van der Waals surface area contributed by atoms with Crippen molar-refractivity contribution in [2.75, 3.05) is 0 Å². The molecule has 0 radical (unpaired) electrons. The molecule has 3 fully saturated rings. The van der Waals surface area contributed by atoms with Gasteiger partial charge < -0.3 is 4.74 Å². The second-order valence-corrected chi connectivity index (χ2v) is 9.48. The summed E-state index contributed by atoms with van der Waals surface area (Å²) in [4.78, 5) is 23.9. The molecule has 0 aromatic carbocycles. The SMILES string of the molecule is CC[C@]12CC[C@H]3[C@@H](C=CC4=CC(=O)CC[C@@H]43)[C@@H]1[C@@H]1C[C@@H]1[C@@]21C=CC(=O)O1. The summed E-state index contributed by atoms with van der Waals surface area (Å²) in [5, 5.41) is 0. The van der Waals surface area contributed by atoms with E-state index in [1.807, 2.05) is 6.08 Å². The van der Waals surface area contributed by atoms with Crippen LogP contribution in [0.2, 0.25) is 0 Å². The fourth-order valence-corrected chi connectivity index (χ4v) is 8.04. The molecular weight excluding hydrogens is 324 g/mol. The third-order valence-electron chi connectivity index (χ3n) is 8.95. The minimum atomic E-state index is -0.328. The van der Waals surface area contributed by atoms with Crippen LogP contribution in [0.4, 0.5) is 0 Å². The molecule has 0 aromatic heterocycles. The number of carbonyl (C=O) groups excluding carboxylic acids is 2. The van der Waals surface area contributed by atoms with Gasteiger partial charge in [0.1, 0.15) is 5.60 Å². The van der Waals surface area contributed by atoms with Crippen LogP contribution in [0.1, 0.15) is 45.4 Å². The van der Waals surface area contributed by atoms with E-state index in [9.17, 15) is 9.59 Å². The van der Waals surface area contributed by atoms with Gasteiger partial charge in [-0.25, -0.2) is 4.79 Å². The maximum atomic E-state index is 12.0. The van der Waals surface area contributed by atoms with E-state index in [1.165, 1.54) is 18.4 Å². The van der Waals surface area contributed by atoms with E-state index in [0.29, 0.717) is 47.7 Å². The number of hydrogen-bond acceptors (Lipinski definition) is 3. The van der Waals surface area contributed by atoms with E-state index in [0.717, 1.165) is 19.3 Å². The van der Waals surface area contributed by atoms with Crippen LogP contribution in [0.5, 0.6) is 0 Å². The quantitative estimate of drug-likeness (QED) is 0.671. The van der Waals surface area contributed by atoms with Crippen molar-refractivity contribution < 1.29 is 14.3 Å². The maximum absolute atomic E-state index is 12.0. The molecule has 3 saturated carbocycles. The highest BCUT2D eigenvalue weighted by molar-refractivity contribution is 5.92. The van der Waals surface area contributed by atoms with Crippen molar-refractivity contribution in [2.45, 2.75) is 51.0 Å². The summed E-state index contributed by atoms with van der Waals surface area (Å²) in [5.74, 6) is 3.84. The lowest BCUT2D eigenvalue weighted by molar-refractivity contribution is -0.169. The van der Waals surface area contributed by atoms with E-state index in [2.05, 4.69) is 25.2 Å². The zero-order valence-corrected chi connectivity index (χ0v) is 15.3. The summed E-state index contributed by atoms with van der Waals surface area (Å²) in [6.45, 7) is 2.30. The Morgan fingerprint density at radius 2 is 2.08 bits per heavy atom. The number of allylic oxidation sites excluding steroid dienone is 4. The molecule has 1 heterocycles. The highest BCUT2D eigenvalue weighted by Crippen LogP contribution is 2.78. The predicted octanol–water partition coefficient (Wildman–Crippen LogP) is 4.00. The van der Waals surface area contributed by atoms with Crippen LogP contribution in [0.25, 0.3) is 0 Å². The topological polar surface area (TPSA) is 43.4 Å². The Balaban J connectivity index is 1.44. The first-order valence-corrected chi connectivity index (χ1v) is 10.4. The van der Waals surface area contributed by atoms with Gasteiger partial charge in [0.25, 0.3) is 0 Å². The molecular formula is C23H26O3. The standard InChI is InChI=1S/C23H26O3/c1-2-22-9-7-16-15-6-4-14(24)11-13(15)3-5-17(16)21(22)18-12-19(18)23(22)10-8-20(25)26-23/h3,5,8,10-11,15-19,21H,2,4,6-7,9,12H2,1H3/t15-,16+,17+,18+,19-,21+,22-,23-/m0/s1. The summed E-state index contributed by atoms with van der Waals surface area (Å²) in [5.41, 5.74) is 1.06. The number of fused-ring (bicyclic) bond motifs is 9. The average Bonchev–Trinajstić information content (AvgIpc) is 3.29. The molecule has 6 aliphatic rings. The molecule has 8 atom stereocenters. The van der Waals surface area contributed by atoms with Gasteiger partial charge in [-0.1, -0.05) is 19.1 Å². The van der Waals surface area contributed by atoms with Crippen molar-refractivity contribution in [3.63, 3.8) is 0 Å². The molecule has 0 bridgehead atoms. The van der Waals surface area contributed by atoms with Crippen molar-refractivity contribution in [3.8, 4) is 0 Å². The summed E-state index contributed by atoms with van der Waals surface area (Å²) in [6, 6.07) is 0. The molecule has 1 aliphatic heterocycles. The Kier molecular flexibility index (Phi) is 2.84. The first kappa shape index (κ1) is 15.4. The molecule has 6 rings (SSSR count). The van der Waals surface area contributed by atoms with Crippen LogP contribution >= 0.6 is 0 Å². The van der Waals surface area contributed by atoms with E-state index < -0.39 is 0 Å². The van der Waals surface area contributed by atoms with Crippen LogP contribution in [0, 0.1) is 40.9 Å². The average molecular weight is 350 g/mol. The van der Waals surface area contributed by atoms with Gasteiger partial charge in [0.15, 0.2) is 5.78 Å². The molecule has 3 heteroatoms. The van der Waals surface area contributed by atoms with Gasteiger partial charge in [-0.15, -0.1) is 0 Å². The van der Waals surface area contributed by atoms with E-state index >= 15 is 0 Å². The summed E-state index contributed by atoms with van der Waals surface area (Å²) < 4.78 is 6.10. The summed E-state index contributed by atoms with van der Waals surface area (Å²) >= 11 is 0. The van der Waals surface area contributed by atoms with Gasteiger partial charge >= 0.3 is 5.97 Å². The number of hydrogen-bond donors (Lipinski definition) is 0. The Bertz CT molecular complexity index is 804. The van der Waals surface area contributed by atoms with E-state index in [-0.39, 0.29) is 17.0 Å². The van der Waals surface area contributed by atoms with Crippen LogP contribution < -0.4 is 0 Å². The molecule has 0 unspecified atom stereocenters. The first-order chi connectivity index (χ1) is 12.6. The fourth-order valence-electron chi connectivity index (χ4n) is 8.04. The van der Waals surface area contributed by atoms with E-state index in [4.69, 9.17) is 4.74 Å². The molecule has 26 heavy (non-hydrogen) atoms. The second kappa shape index (κ2) is 4.79. The second-order valence-electron chi connectivity index (χ2n) is 9.48. The van der Waals surface area contributed by atoms with Gasteiger partial charge in [-0.3, -0.25) is 4.79 Å². The van der Waals surface area contributed by atoms with Crippen molar-refractivity contribution >= 4 is 11.8 Å². The zero-order valence-electron chi connectivity index (χ0n) is 15.3. The minimum Gasteiger partial charge on any atom is -0.451 e. The molecule has 136 valence electrons. The molecule has 1 spiro atoms. The fraction of sp³-hybridized carbons (Fsp3) is 0.652. The Morgan fingerprint density at radius 1 is 1.19 bits per heavy atom. The number of ether oxygens (including phenoxy) is 1. The van der Waals surface area contributed by atoms with Crippen molar-refractivity contribution in [2.24, 2.45) is 40.9 Å². The van der Waals surface area contributed by atoms with Gasteiger partial charge in [0.05, 0.1) is 0 Å². The molecule has 0 amide bonds. The highest BCUT2D eigenvalue weighted by Gasteiger charge is 2.78. The lowest BCUT2D eigenvalue weighted by atomic mass is 9.49. The molecule has 3 nitrogen and oxygen atoms in total. The minimum absolute atomic E-state index is 0.112. The van der Waals surface area contributed by atoms with E-state index in [1.54, 1.807) is 6.08 Å². The van der Waals surface area contributed by atoms with Gasteiger partial charge in [0, 0.05) is 23.8 Å². The van der Waals surface area contributed by atoms with Crippen molar-refractivity contribution in [1.29, 1.82) is 0 Å². The Labute approximate surface area is 154 Å². The van der Waals surface area contributed by atoms with Gasteiger partial charge in [-0.2, -0.15) is 0 Å². The number of rotatable bonds is 1. The highest BCUT2D eigenvalue weighted by atomic mass is 16.6. The lowest BCUT2D eigenvalue weighted by Gasteiger charge is -2.56. The smallest absolute Gasteiger partial charge is 0.331 e. The van der Waals surface area contributed by atoms with Crippen molar-refractivity contribution in [3.05, 3.63) is 36.0 Å². The number of carbonyl (C=O) groups is 2. The third-order valence-corrected chi connectivity index (χ3v) is 8.95. The predicted molar refractivity (Wildman–Crippen MR) is 96.9 cm³/mol. The monoisotopic (exact) mass is 350 g/mol. The van der Waals surface area contributed by atoms with Gasteiger partial charge in [0.2, 0.25) is 0 Å². The third kappa shape index (κ3) is 1.62. The summed E-state index contributed by atoms with van der Waals surface area (Å²) in [7, 11) is 0. The zero-order chi connectivity index (χ0) is 17.7. The first-order valence-electron chi connectivity index (χ1n) is 10.4. The van der Waals surface area contributed by atoms with Gasteiger partial charge in [-0.05, 0) is 79.4 Å². The lowest BCUT2D eigenvalue weighted by Crippen LogP contribution is -2.55. The molecule has 0 N–H and O–H groups in total. The summed E-state index contributed by atoms with van der Waals surface area (Å²) in [6.07, 6.45) is 16.8. The van der Waals surface area contributed by atoms with Crippen molar-refractivity contribution in [1.82, 2.24) is 0 Å². The Morgan fingerprint density at radius 3 is 2.85 bits per heavy atom.